The molecule has 0 saturated carbocycles. The van der Waals surface area contributed by atoms with Crippen molar-refractivity contribution in [3.8, 4) is 0 Å². The summed E-state index contributed by atoms with van der Waals surface area (Å²) in [5.74, 6) is 0.704. The van der Waals surface area contributed by atoms with Gasteiger partial charge < -0.3 is 40.8 Å². The van der Waals surface area contributed by atoms with Crippen LogP contribution in [0.5, 0.6) is 0 Å². The molecule has 4 N–H and O–H groups in total. The minimum atomic E-state index is -0.297. The monoisotopic (exact) mass is 1130 g/mol. The summed E-state index contributed by atoms with van der Waals surface area (Å²) < 4.78 is 4.51. The van der Waals surface area contributed by atoms with E-state index in [4.69, 9.17) is 10.5 Å². The van der Waals surface area contributed by atoms with Crippen LogP contribution in [0, 0.1) is 23.0 Å². The van der Waals surface area contributed by atoms with E-state index in [-0.39, 0.29) is 40.2 Å². The maximum atomic E-state index is 12.2. The van der Waals surface area contributed by atoms with Crippen LogP contribution in [0.2, 0.25) is 0 Å². The smallest absolute Gasteiger partial charge is 0.308 e. The topological polar surface area (TPSA) is 140 Å². The van der Waals surface area contributed by atoms with Gasteiger partial charge in [-0.3, -0.25) is 14.4 Å². The fourth-order valence-corrected chi connectivity index (χ4v) is 9.76. The predicted octanol–water partition coefficient (Wildman–Crippen LogP) is 15.8. The van der Waals surface area contributed by atoms with Gasteiger partial charge in [0.25, 0.3) is 0 Å². The number of amides is 2. The Balaban J connectivity index is 0.00000112. The summed E-state index contributed by atoms with van der Waals surface area (Å²) in [6.45, 7) is 24.5. The molecule has 0 aromatic heterocycles. The molecule has 0 fully saturated rings. The molecule has 2 amide bonds. The standard InChI is InChI=1S/C23H40N2O2.C23H40N2O.C19H30O2.C5H14N2/c1-19(2)9-6-10-20(3)11-7-12-21-13-15-22(16-14-21)23(26)24-17-8-18-25(4,5)27;1-19(2)9-6-10-20(3)11-7-12-21-13-15-22(16-14-21)23(26)24-17-8-18-25(4)5;1-15(2)7-5-8-16(3)9-6-10-17-11-13-18(14-12-17)19(20)21-4;1-7(2)5-3-4-6/h9,11,13,22H,6-8,10,12,14-18H2,1-5H3,(H,24,26);9,11,13,22H,6-8,10,12,14-18H2,1-5H3,(H,24,26);7,9,11,18H,5-6,8,10,12-14H2,1-4H3;3-6H2,1-2H3/b2*20-11+;16-9+;. The third-order valence-corrected chi connectivity index (χ3v) is 15.0. The Morgan fingerprint density at radius 3 is 1.19 bits per heavy atom. The van der Waals surface area contributed by atoms with Gasteiger partial charge in [0.15, 0.2) is 0 Å². The van der Waals surface area contributed by atoms with Crippen LogP contribution in [0.1, 0.15) is 216 Å². The highest BCUT2D eigenvalue weighted by atomic mass is 16.5. The first kappa shape index (κ1) is 76.9. The van der Waals surface area contributed by atoms with E-state index in [2.05, 4.69) is 166 Å². The van der Waals surface area contributed by atoms with Crippen LogP contribution >= 0.6 is 0 Å². The number of hydrogen-bond acceptors (Lipinski definition) is 8. The highest BCUT2D eigenvalue weighted by Crippen LogP contribution is 2.30. The molecule has 0 radical (unpaired) electrons. The van der Waals surface area contributed by atoms with E-state index in [9.17, 15) is 19.6 Å². The number of nitrogens with one attached hydrogen (secondary N) is 2. The summed E-state index contributed by atoms with van der Waals surface area (Å²) in [6.07, 6.45) is 46.1. The van der Waals surface area contributed by atoms with Crippen LogP contribution in [0.25, 0.3) is 0 Å². The molecule has 3 aliphatic carbocycles. The average molecular weight is 1130 g/mol. The van der Waals surface area contributed by atoms with Crippen LogP contribution in [0.4, 0.5) is 0 Å². The molecule has 81 heavy (non-hydrogen) atoms. The van der Waals surface area contributed by atoms with Gasteiger partial charge >= 0.3 is 5.97 Å². The first-order valence-corrected chi connectivity index (χ1v) is 31.4. The van der Waals surface area contributed by atoms with E-state index in [0.29, 0.717) is 13.1 Å². The van der Waals surface area contributed by atoms with Crippen molar-refractivity contribution < 1.29 is 23.8 Å². The largest absolute Gasteiger partial charge is 0.633 e. The van der Waals surface area contributed by atoms with Crippen LogP contribution in [0.3, 0.4) is 0 Å². The van der Waals surface area contributed by atoms with Crippen molar-refractivity contribution in [3.05, 3.63) is 110 Å². The molecule has 11 heteroatoms. The number of ether oxygens (including phenoxy) is 1. The first-order valence-electron chi connectivity index (χ1n) is 31.4. The van der Waals surface area contributed by atoms with Gasteiger partial charge in [0, 0.05) is 31.3 Å². The lowest BCUT2D eigenvalue weighted by Crippen LogP contribution is -2.37. The zero-order valence-electron chi connectivity index (χ0n) is 55.1. The number of hydrogen-bond donors (Lipinski definition) is 3. The predicted molar refractivity (Wildman–Crippen MR) is 350 cm³/mol. The number of hydroxylamine groups is 3. The van der Waals surface area contributed by atoms with Gasteiger partial charge in [-0.05, 0) is 258 Å². The van der Waals surface area contributed by atoms with Gasteiger partial charge in [-0.25, -0.2) is 0 Å². The molecule has 3 unspecified atom stereocenters. The van der Waals surface area contributed by atoms with Crippen molar-refractivity contribution in [1.82, 2.24) is 20.4 Å². The van der Waals surface area contributed by atoms with Crippen molar-refractivity contribution in [2.24, 2.45) is 23.5 Å². The highest BCUT2D eigenvalue weighted by Gasteiger charge is 2.23. The fourth-order valence-electron chi connectivity index (χ4n) is 9.76. The lowest BCUT2D eigenvalue weighted by molar-refractivity contribution is -0.840. The third kappa shape index (κ3) is 46.0. The minimum absolute atomic E-state index is 0.0553. The van der Waals surface area contributed by atoms with E-state index in [1.165, 1.54) is 63.7 Å². The van der Waals surface area contributed by atoms with Gasteiger partial charge in [0.05, 0.1) is 33.7 Å². The number of allylic oxidation sites excluding steroid dienone is 18. The van der Waals surface area contributed by atoms with E-state index < -0.39 is 0 Å². The number of carbonyl (C=O) groups excluding carboxylic acids is 3. The van der Waals surface area contributed by atoms with Crippen molar-refractivity contribution >= 4 is 17.8 Å². The van der Waals surface area contributed by atoms with E-state index >= 15 is 0 Å². The summed E-state index contributed by atoms with van der Waals surface area (Å²) in [6, 6.07) is 0. The molecule has 0 saturated heterocycles. The van der Waals surface area contributed by atoms with Gasteiger partial charge in [-0.2, -0.15) is 0 Å². The van der Waals surface area contributed by atoms with Gasteiger partial charge in [-0.15, -0.1) is 0 Å². The molecule has 464 valence electrons. The molecule has 3 rings (SSSR count). The molecule has 0 spiro atoms. The number of nitrogens with two attached hydrogens (primary N) is 1. The highest BCUT2D eigenvalue weighted by molar-refractivity contribution is 5.79. The Morgan fingerprint density at radius 1 is 0.556 bits per heavy atom. The van der Waals surface area contributed by atoms with Crippen LogP contribution in [0.15, 0.2) is 105 Å². The fraction of sp³-hybridized carbons (Fsp3) is 0.700. The van der Waals surface area contributed by atoms with Crippen LogP contribution < -0.4 is 16.4 Å². The van der Waals surface area contributed by atoms with Gasteiger partial charge in [0.2, 0.25) is 11.8 Å². The maximum Gasteiger partial charge on any atom is 0.308 e. The number of nitrogens with zero attached hydrogens (tertiary/aromatic N) is 3. The lowest BCUT2D eigenvalue weighted by atomic mass is 9.87. The van der Waals surface area contributed by atoms with Crippen LogP contribution in [-0.2, 0) is 19.1 Å². The number of esters is 1. The van der Waals surface area contributed by atoms with Crippen molar-refractivity contribution in [1.29, 1.82) is 0 Å². The second-order valence-corrected chi connectivity index (χ2v) is 25.1. The molecule has 0 aliphatic heterocycles. The number of carbonyl (C=O) groups is 3. The summed E-state index contributed by atoms with van der Waals surface area (Å²) in [5.41, 5.74) is 18.4. The summed E-state index contributed by atoms with van der Waals surface area (Å²) in [5, 5.41) is 17.6. The molecular formula is C70H124N6O5. The summed E-state index contributed by atoms with van der Waals surface area (Å²) in [4.78, 5) is 40.2. The average Bonchev–Trinajstić information content (AvgIpc) is 3.40. The van der Waals surface area contributed by atoms with E-state index in [0.717, 1.165) is 174 Å². The Hall–Kier alpha value is -4.13. The molecule has 0 heterocycles. The van der Waals surface area contributed by atoms with Crippen molar-refractivity contribution in [2.45, 2.75) is 216 Å². The molecule has 3 atom stereocenters. The molecule has 3 aliphatic rings. The quantitative estimate of drug-likeness (QED) is 0.0199. The molecule has 0 bridgehead atoms. The Kier molecular flexibility index (Phi) is 44.8. The summed E-state index contributed by atoms with van der Waals surface area (Å²) >= 11 is 0. The van der Waals surface area contributed by atoms with Crippen molar-refractivity contribution in [2.75, 3.05) is 88.7 Å². The molecule has 0 aromatic rings. The molecule has 0 aromatic carbocycles. The molecular weight excluding hydrogens is 1000 g/mol. The van der Waals surface area contributed by atoms with Crippen LogP contribution in [-0.4, -0.2) is 121 Å². The Labute approximate surface area is 498 Å². The number of quaternary nitrogens is 1. The SMILES string of the molecule is CC(C)=CCC/C(C)=C/CCC1=CCC(C(=O)NCCCN(C)C)CC1.CC(C)=CCC/C(C)=C/CCC1=CCC(C(=O)NCCC[N+](C)(C)[O-])CC1.CN(C)CCCN.COC(=O)C1CC=C(CC/C=C(\C)CCC=C(C)C)CC1. The summed E-state index contributed by atoms with van der Waals surface area (Å²) in [7, 11) is 13.0. The Bertz CT molecular complexity index is 2030. The van der Waals surface area contributed by atoms with E-state index in [1.807, 2.05) is 0 Å². The Morgan fingerprint density at radius 2 is 0.901 bits per heavy atom. The zero-order chi connectivity index (χ0) is 61.0. The van der Waals surface area contributed by atoms with Gasteiger partial charge in [0.1, 0.15) is 0 Å². The number of rotatable bonds is 32. The number of methoxy groups -OCH3 is 1. The van der Waals surface area contributed by atoms with E-state index in [1.54, 1.807) is 14.1 Å². The minimum Gasteiger partial charge on any atom is -0.633 e. The first-order chi connectivity index (χ1) is 38.3. The maximum absolute atomic E-state index is 12.2. The molecule has 11 nitrogen and oxygen atoms in total. The van der Waals surface area contributed by atoms with Crippen molar-refractivity contribution in [3.63, 3.8) is 0 Å². The lowest BCUT2D eigenvalue weighted by Gasteiger charge is -2.33. The zero-order valence-corrected chi connectivity index (χ0v) is 55.1. The third-order valence-electron chi connectivity index (χ3n) is 15.0. The second kappa shape index (κ2) is 47.3. The normalized spacial score (nSPS) is 17.6. The second-order valence-electron chi connectivity index (χ2n) is 25.1. The van der Waals surface area contributed by atoms with Gasteiger partial charge in [-0.1, -0.05) is 105 Å².